The van der Waals surface area contributed by atoms with Crippen LogP contribution in [0.1, 0.15) is 31.7 Å². The molecule has 0 atom stereocenters. The van der Waals surface area contributed by atoms with E-state index in [9.17, 15) is 5.11 Å². The SMILES string of the molecule is CCC1(CO)CCN(Cc2cccc(OC)c2)CC1. The molecule has 1 aliphatic heterocycles. The third kappa shape index (κ3) is 3.48. The highest BCUT2D eigenvalue weighted by Gasteiger charge is 2.32. The Morgan fingerprint density at radius 1 is 1.32 bits per heavy atom. The highest BCUT2D eigenvalue weighted by molar-refractivity contribution is 5.28. The molecule has 0 saturated carbocycles. The Morgan fingerprint density at radius 2 is 2.05 bits per heavy atom. The van der Waals surface area contributed by atoms with Gasteiger partial charge in [0.05, 0.1) is 7.11 Å². The topological polar surface area (TPSA) is 32.7 Å². The molecule has 3 nitrogen and oxygen atoms in total. The summed E-state index contributed by atoms with van der Waals surface area (Å²) in [6, 6.07) is 8.28. The number of aliphatic hydroxyl groups is 1. The third-order valence-electron chi connectivity index (χ3n) is 4.54. The summed E-state index contributed by atoms with van der Waals surface area (Å²) in [5, 5.41) is 9.55. The van der Waals surface area contributed by atoms with Gasteiger partial charge in [-0.1, -0.05) is 19.1 Å². The fourth-order valence-corrected chi connectivity index (χ4v) is 2.84. The van der Waals surface area contributed by atoms with Crippen LogP contribution < -0.4 is 4.74 Å². The van der Waals surface area contributed by atoms with Gasteiger partial charge >= 0.3 is 0 Å². The molecule has 0 radical (unpaired) electrons. The zero-order valence-electron chi connectivity index (χ0n) is 12.1. The zero-order valence-corrected chi connectivity index (χ0v) is 12.1. The molecule has 1 N–H and O–H groups in total. The fourth-order valence-electron chi connectivity index (χ4n) is 2.84. The Kier molecular flexibility index (Phi) is 4.83. The second kappa shape index (κ2) is 6.40. The van der Waals surface area contributed by atoms with Gasteiger partial charge in [0.15, 0.2) is 0 Å². The number of likely N-dealkylation sites (tertiary alicyclic amines) is 1. The van der Waals surface area contributed by atoms with E-state index in [2.05, 4.69) is 24.0 Å². The summed E-state index contributed by atoms with van der Waals surface area (Å²) in [6.07, 6.45) is 3.28. The van der Waals surface area contributed by atoms with Crippen molar-refractivity contribution in [2.45, 2.75) is 32.7 Å². The third-order valence-corrected chi connectivity index (χ3v) is 4.54. The van der Waals surface area contributed by atoms with Gasteiger partial charge in [-0.25, -0.2) is 0 Å². The number of methoxy groups -OCH3 is 1. The summed E-state index contributed by atoms with van der Waals surface area (Å²) < 4.78 is 5.26. The van der Waals surface area contributed by atoms with Crippen molar-refractivity contribution in [3.63, 3.8) is 0 Å². The maximum Gasteiger partial charge on any atom is 0.119 e. The Labute approximate surface area is 116 Å². The predicted octanol–water partition coefficient (Wildman–Crippen LogP) is 2.68. The van der Waals surface area contributed by atoms with E-state index in [1.807, 2.05) is 12.1 Å². The molecule has 1 heterocycles. The van der Waals surface area contributed by atoms with Gasteiger partial charge in [-0.05, 0) is 55.5 Å². The molecule has 0 aromatic heterocycles. The molecule has 1 aliphatic rings. The normalized spacial score (nSPS) is 19.3. The first kappa shape index (κ1) is 14.4. The minimum atomic E-state index is 0.172. The van der Waals surface area contributed by atoms with Gasteiger partial charge in [-0.2, -0.15) is 0 Å². The molecule has 0 unspecified atom stereocenters. The lowest BCUT2D eigenvalue weighted by Gasteiger charge is -2.40. The average molecular weight is 263 g/mol. The van der Waals surface area contributed by atoms with Crippen LogP contribution in [0.4, 0.5) is 0 Å². The van der Waals surface area contributed by atoms with Gasteiger partial charge in [0.1, 0.15) is 5.75 Å². The molecule has 3 heteroatoms. The van der Waals surface area contributed by atoms with Gasteiger partial charge < -0.3 is 9.84 Å². The summed E-state index contributed by atoms with van der Waals surface area (Å²) in [5.74, 6) is 0.924. The second-order valence-corrected chi connectivity index (χ2v) is 5.64. The summed E-state index contributed by atoms with van der Waals surface area (Å²) >= 11 is 0. The molecular weight excluding hydrogens is 238 g/mol. The van der Waals surface area contributed by atoms with Gasteiger partial charge in [0.2, 0.25) is 0 Å². The average Bonchev–Trinajstić information content (AvgIpc) is 2.48. The van der Waals surface area contributed by atoms with Gasteiger partial charge in [-0.3, -0.25) is 4.90 Å². The number of ether oxygens (including phenoxy) is 1. The van der Waals surface area contributed by atoms with Crippen molar-refractivity contribution >= 4 is 0 Å². The van der Waals surface area contributed by atoms with Crippen molar-refractivity contribution in [3.05, 3.63) is 29.8 Å². The summed E-state index contributed by atoms with van der Waals surface area (Å²) in [6.45, 7) is 5.64. The Balaban J connectivity index is 1.91. The molecule has 0 spiro atoms. The molecule has 1 aromatic rings. The van der Waals surface area contributed by atoms with Crippen LogP contribution in [0.25, 0.3) is 0 Å². The Morgan fingerprint density at radius 3 is 2.63 bits per heavy atom. The van der Waals surface area contributed by atoms with Crippen LogP contribution >= 0.6 is 0 Å². The number of aliphatic hydroxyl groups excluding tert-OH is 1. The van der Waals surface area contributed by atoms with Crippen LogP contribution in [0.5, 0.6) is 5.75 Å². The lowest BCUT2D eigenvalue weighted by Crippen LogP contribution is -2.41. The predicted molar refractivity (Wildman–Crippen MR) is 77.3 cm³/mol. The van der Waals surface area contributed by atoms with E-state index in [1.54, 1.807) is 7.11 Å². The molecule has 1 aromatic carbocycles. The van der Waals surface area contributed by atoms with Crippen LogP contribution in [0, 0.1) is 5.41 Å². The number of benzene rings is 1. The van der Waals surface area contributed by atoms with Crippen LogP contribution in [0.15, 0.2) is 24.3 Å². The lowest BCUT2D eigenvalue weighted by molar-refractivity contribution is 0.0382. The molecule has 1 fully saturated rings. The number of nitrogens with zero attached hydrogens (tertiary/aromatic N) is 1. The van der Waals surface area contributed by atoms with E-state index in [4.69, 9.17) is 4.74 Å². The van der Waals surface area contributed by atoms with Crippen molar-refractivity contribution in [1.82, 2.24) is 4.90 Å². The van der Waals surface area contributed by atoms with E-state index in [0.29, 0.717) is 6.61 Å². The first-order chi connectivity index (χ1) is 9.21. The molecule has 19 heavy (non-hydrogen) atoms. The molecule has 0 aliphatic carbocycles. The maximum atomic E-state index is 9.55. The molecule has 1 saturated heterocycles. The first-order valence-electron chi connectivity index (χ1n) is 7.17. The van der Waals surface area contributed by atoms with Crippen LogP contribution in [0.2, 0.25) is 0 Å². The van der Waals surface area contributed by atoms with Crippen LogP contribution in [-0.2, 0) is 6.54 Å². The fraction of sp³-hybridized carbons (Fsp3) is 0.625. The van der Waals surface area contributed by atoms with Gasteiger partial charge in [0.25, 0.3) is 0 Å². The van der Waals surface area contributed by atoms with Crippen LogP contribution in [-0.4, -0.2) is 36.8 Å². The van der Waals surface area contributed by atoms with E-state index >= 15 is 0 Å². The van der Waals surface area contributed by atoms with E-state index in [0.717, 1.165) is 44.6 Å². The molecule has 2 rings (SSSR count). The Bertz CT molecular complexity index is 391. The van der Waals surface area contributed by atoms with Gasteiger partial charge in [0, 0.05) is 13.2 Å². The van der Waals surface area contributed by atoms with Crippen LogP contribution in [0.3, 0.4) is 0 Å². The zero-order chi connectivity index (χ0) is 13.7. The Hall–Kier alpha value is -1.06. The lowest BCUT2D eigenvalue weighted by atomic mass is 9.77. The van der Waals surface area contributed by atoms with Crippen molar-refractivity contribution in [3.8, 4) is 5.75 Å². The van der Waals surface area contributed by atoms with Crippen molar-refractivity contribution in [2.24, 2.45) is 5.41 Å². The van der Waals surface area contributed by atoms with E-state index in [-0.39, 0.29) is 5.41 Å². The van der Waals surface area contributed by atoms with Crippen molar-refractivity contribution in [2.75, 3.05) is 26.8 Å². The summed E-state index contributed by atoms with van der Waals surface area (Å²) in [4.78, 5) is 2.47. The molecule has 0 amide bonds. The highest BCUT2D eigenvalue weighted by Crippen LogP contribution is 2.34. The maximum absolute atomic E-state index is 9.55. The van der Waals surface area contributed by atoms with Crippen molar-refractivity contribution < 1.29 is 9.84 Å². The number of piperidine rings is 1. The van der Waals surface area contributed by atoms with Crippen molar-refractivity contribution in [1.29, 1.82) is 0 Å². The molecular formula is C16H25NO2. The monoisotopic (exact) mass is 263 g/mol. The smallest absolute Gasteiger partial charge is 0.119 e. The number of rotatable bonds is 5. The first-order valence-corrected chi connectivity index (χ1v) is 7.17. The number of hydrogen-bond acceptors (Lipinski definition) is 3. The largest absolute Gasteiger partial charge is 0.497 e. The second-order valence-electron chi connectivity index (χ2n) is 5.64. The van der Waals surface area contributed by atoms with Gasteiger partial charge in [-0.15, -0.1) is 0 Å². The minimum absolute atomic E-state index is 0.172. The molecule has 0 bridgehead atoms. The number of hydrogen-bond donors (Lipinski definition) is 1. The molecule has 106 valence electrons. The quantitative estimate of drug-likeness (QED) is 0.886. The highest BCUT2D eigenvalue weighted by atomic mass is 16.5. The minimum Gasteiger partial charge on any atom is -0.497 e. The van der Waals surface area contributed by atoms with E-state index < -0.39 is 0 Å². The van der Waals surface area contributed by atoms with E-state index in [1.165, 1.54) is 5.56 Å². The summed E-state index contributed by atoms with van der Waals surface area (Å²) in [7, 11) is 1.71. The standard InChI is InChI=1S/C16H25NO2/c1-3-16(13-18)7-9-17(10-8-16)12-14-5-4-6-15(11-14)19-2/h4-6,11,18H,3,7-10,12-13H2,1-2H3. The summed E-state index contributed by atoms with van der Waals surface area (Å²) in [5.41, 5.74) is 1.47.